The van der Waals surface area contributed by atoms with E-state index < -0.39 is 12.2 Å². The summed E-state index contributed by atoms with van der Waals surface area (Å²) in [7, 11) is 0. The normalized spacial score (nSPS) is 11.7. The average molecular weight is 497 g/mol. The molecular formula is C33H52O3. The minimum Gasteiger partial charge on any atom is -0.384 e. The van der Waals surface area contributed by atoms with Gasteiger partial charge in [0.15, 0.2) is 0 Å². The van der Waals surface area contributed by atoms with Crippen molar-refractivity contribution in [3.63, 3.8) is 0 Å². The summed E-state index contributed by atoms with van der Waals surface area (Å²) in [5.41, 5.74) is 0. The van der Waals surface area contributed by atoms with Crippen molar-refractivity contribution in [2.24, 2.45) is 0 Å². The third-order valence-corrected chi connectivity index (χ3v) is 6.34. The van der Waals surface area contributed by atoms with E-state index in [1.165, 1.54) is 96.3 Å². The highest BCUT2D eigenvalue weighted by Gasteiger charge is 1.99. The molecule has 0 bridgehead atoms. The van der Waals surface area contributed by atoms with Gasteiger partial charge >= 0.3 is 0 Å². The van der Waals surface area contributed by atoms with E-state index in [-0.39, 0.29) is 6.61 Å². The van der Waals surface area contributed by atoms with Crippen molar-refractivity contribution in [3.05, 3.63) is 0 Å². The van der Waals surface area contributed by atoms with Gasteiger partial charge in [-0.05, 0) is 50.4 Å². The summed E-state index contributed by atoms with van der Waals surface area (Å²) < 4.78 is 0. The van der Waals surface area contributed by atoms with Gasteiger partial charge < -0.3 is 15.3 Å². The topological polar surface area (TPSA) is 60.7 Å². The van der Waals surface area contributed by atoms with Crippen LogP contribution in [0, 0.1) is 47.9 Å². The van der Waals surface area contributed by atoms with Crippen LogP contribution in [0.5, 0.6) is 0 Å². The third kappa shape index (κ3) is 28.4. The first-order valence-corrected chi connectivity index (χ1v) is 14.6. The lowest BCUT2D eigenvalue weighted by Crippen LogP contribution is -2.01. The van der Waals surface area contributed by atoms with Crippen LogP contribution in [0.4, 0.5) is 0 Å². The molecule has 2 atom stereocenters. The smallest absolute Gasteiger partial charge is 0.115 e. The molecule has 0 saturated carbocycles. The Kier molecular flexibility index (Phi) is 27.8. The highest BCUT2D eigenvalue weighted by atomic mass is 16.3. The van der Waals surface area contributed by atoms with Gasteiger partial charge in [-0.3, -0.25) is 0 Å². The molecule has 0 rings (SSSR count). The fourth-order valence-corrected chi connectivity index (χ4v) is 4.11. The second-order valence-corrected chi connectivity index (χ2v) is 9.72. The maximum Gasteiger partial charge on any atom is 0.115 e. The molecule has 0 radical (unpaired) electrons. The van der Waals surface area contributed by atoms with Gasteiger partial charge in [-0.2, -0.15) is 0 Å². The predicted molar refractivity (Wildman–Crippen MR) is 153 cm³/mol. The standard InChI is InChI=1S/C33H52O3/c1-2-32(35)28-24-21-19-17-15-13-11-9-7-5-3-4-6-8-10-12-14-16-18-20-22-25-29-33(36)30-26-23-27-31-34/h1,32-36H,3,5,7-22,24-25,28-29,31H2/t32-,33+/m1/s1. The fraction of sp³-hybridized carbons (Fsp3) is 0.758. The lowest BCUT2D eigenvalue weighted by molar-refractivity contribution is 0.217. The largest absolute Gasteiger partial charge is 0.384 e. The first-order valence-electron chi connectivity index (χ1n) is 14.6. The van der Waals surface area contributed by atoms with Crippen LogP contribution in [0.15, 0.2) is 0 Å². The van der Waals surface area contributed by atoms with Crippen molar-refractivity contribution in [3.8, 4) is 47.9 Å². The van der Waals surface area contributed by atoms with Gasteiger partial charge in [0, 0.05) is 12.8 Å². The van der Waals surface area contributed by atoms with Crippen LogP contribution >= 0.6 is 0 Å². The van der Waals surface area contributed by atoms with E-state index in [1.54, 1.807) is 0 Å². The molecule has 0 unspecified atom stereocenters. The summed E-state index contributed by atoms with van der Waals surface area (Å²) in [5, 5.41) is 27.5. The SMILES string of the molecule is C#C[C@@H](O)CCCCCCCCCCCCC#CCCCCCCCCCC[C@H](O)C#CC#CCO. The molecule has 202 valence electrons. The van der Waals surface area contributed by atoms with Crippen molar-refractivity contribution >= 4 is 0 Å². The lowest BCUT2D eigenvalue weighted by atomic mass is 10.0. The Balaban J connectivity index is 3.26. The highest BCUT2D eigenvalue weighted by Crippen LogP contribution is 2.13. The molecule has 0 amide bonds. The molecule has 3 heteroatoms. The second kappa shape index (κ2) is 29.4. The number of aliphatic hydroxyl groups excluding tert-OH is 3. The summed E-state index contributed by atoms with van der Waals surface area (Å²) in [6, 6.07) is 0. The van der Waals surface area contributed by atoms with Crippen LogP contribution in [0.2, 0.25) is 0 Å². The zero-order chi connectivity index (χ0) is 26.4. The molecule has 36 heavy (non-hydrogen) atoms. The lowest BCUT2D eigenvalue weighted by Gasteiger charge is -2.04. The molecule has 0 fully saturated rings. The Morgan fingerprint density at radius 2 is 0.861 bits per heavy atom. The predicted octanol–water partition coefficient (Wildman–Crippen LogP) is 6.93. The molecule has 0 aromatic heterocycles. The van der Waals surface area contributed by atoms with E-state index in [2.05, 4.69) is 41.4 Å². The Morgan fingerprint density at radius 1 is 0.472 bits per heavy atom. The minimum atomic E-state index is -0.599. The number of rotatable bonds is 22. The molecule has 3 N–H and O–H groups in total. The van der Waals surface area contributed by atoms with E-state index in [0.29, 0.717) is 6.42 Å². The zero-order valence-corrected chi connectivity index (χ0v) is 22.8. The van der Waals surface area contributed by atoms with Gasteiger partial charge in [-0.25, -0.2) is 0 Å². The number of hydrogen-bond donors (Lipinski definition) is 3. The van der Waals surface area contributed by atoms with Crippen LogP contribution in [-0.2, 0) is 0 Å². The van der Waals surface area contributed by atoms with E-state index in [0.717, 1.165) is 38.5 Å². The van der Waals surface area contributed by atoms with Crippen LogP contribution in [0.1, 0.15) is 141 Å². The molecule has 3 nitrogen and oxygen atoms in total. The van der Waals surface area contributed by atoms with Crippen molar-refractivity contribution < 1.29 is 15.3 Å². The van der Waals surface area contributed by atoms with Crippen LogP contribution in [0.3, 0.4) is 0 Å². The minimum absolute atomic E-state index is 0.190. The van der Waals surface area contributed by atoms with Gasteiger partial charge in [0.25, 0.3) is 0 Å². The summed E-state index contributed by atoms with van der Waals surface area (Å²) in [6.07, 6.45) is 30.0. The summed E-state index contributed by atoms with van der Waals surface area (Å²) in [6.45, 7) is -0.190. The number of terminal acetylenes is 1. The van der Waals surface area contributed by atoms with Crippen LogP contribution in [-0.4, -0.2) is 34.1 Å². The molecule has 0 aliphatic heterocycles. The Hall–Kier alpha value is -1.88. The monoisotopic (exact) mass is 496 g/mol. The van der Waals surface area contributed by atoms with E-state index >= 15 is 0 Å². The first kappa shape index (κ1) is 34.1. The molecule has 0 spiro atoms. The van der Waals surface area contributed by atoms with Gasteiger partial charge in [-0.15, -0.1) is 18.3 Å². The molecule has 0 saturated heterocycles. The van der Waals surface area contributed by atoms with E-state index in [4.69, 9.17) is 11.5 Å². The van der Waals surface area contributed by atoms with Crippen molar-refractivity contribution in [2.45, 2.75) is 153 Å². The summed E-state index contributed by atoms with van der Waals surface area (Å²) in [4.78, 5) is 0. The number of aliphatic hydroxyl groups is 3. The Bertz CT molecular complexity index is 701. The molecule has 0 aromatic carbocycles. The van der Waals surface area contributed by atoms with Crippen LogP contribution < -0.4 is 0 Å². The average Bonchev–Trinajstić information content (AvgIpc) is 2.88. The number of hydrogen-bond acceptors (Lipinski definition) is 3. The van der Waals surface area contributed by atoms with Gasteiger partial charge in [-0.1, -0.05) is 108 Å². The summed E-state index contributed by atoms with van der Waals surface area (Å²) >= 11 is 0. The quantitative estimate of drug-likeness (QED) is 0.113. The first-order chi connectivity index (χ1) is 17.7. The van der Waals surface area contributed by atoms with Gasteiger partial charge in [0.1, 0.15) is 18.8 Å². The Labute approximate surface area is 223 Å². The van der Waals surface area contributed by atoms with Gasteiger partial charge in [0.2, 0.25) is 0 Å². The summed E-state index contributed by atoms with van der Waals surface area (Å²) in [5.74, 6) is 19.3. The third-order valence-electron chi connectivity index (χ3n) is 6.34. The van der Waals surface area contributed by atoms with E-state index in [1.807, 2.05) is 0 Å². The maximum atomic E-state index is 9.71. The molecule has 0 aromatic rings. The van der Waals surface area contributed by atoms with Crippen molar-refractivity contribution in [2.75, 3.05) is 6.61 Å². The second-order valence-electron chi connectivity index (χ2n) is 9.72. The zero-order valence-electron chi connectivity index (χ0n) is 22.8. The number of unbranched alkanes of at least 4 members (excludes halogenated alkanes) is 18. The van der Waals surface area contributed by atoms with E-state index in [9.17, 15) is 10.2 Å². The Morgan fingerprint density at radius 3 is 1.28 bits per heavy atom. The van der Waals surface area contributed by atoms with Crippen molar-refractivity contribution in [1.29, 1.82) is 0 Å². The maximum absolute atomic E-state index is 9.71. The molecule has 0 aliphatic carbocycles. The molecular weight excluding hydrogens is 444 g/mol. The van der Waals surface area contributed by atoms with Crippen LogP contribution in [0.25, 0.3) is 0 Å². The molecule has 0 heterocycles. The highest BCUT2D eigenvalue weighted by molar-refractivity contribution is 5.27. The molecule has 0 aliphatic rings. The fourth-order valence-electron chi connectivity index (χ4n) is 4.11. The van der Waals surface area contributed by atoms with Crippen molar-refractivity contribution in [1.82, 2.24) is 0 Å². The van der Waals surface area contributed by atoms with Gasteiger partial charge in [0.05, 0.1) is 0 Å².